The summed E-state index contributed by atoms with van der Waals surface area (Å²) in [6.45, 7) is 2.16. The smallest absolute Gasteiger partial charge is 0.119 e. The zero-order valence-electron chi connectivity index (χ0n) is 8.99. The maximum absolute atomic E-state index is 5.97. The highest BCUT2D eigenvalue weighted by Gasteiger charge is 2.03. The van der Waals surface area contributed by atoms with E-state index < -0.39 is 0 Å². The van der Waals surface area contributed by atoms with Crippen LogP contribution in [-0.4, -0.2) is 13.2 Å². The van der Waals surface area contributed by atoms with E-state index in [4.69, 9.17) is 10.5 Å². The molecular weight excluding hydrogens is 174 g/mol. The molecule has 78 valence electrons. The van der Waals surface area contributed by atoms with Crippen LogP contribution in [0.25, 0.3) is 0 Å². The highest BCUT2D eigenvalue weighted by atomic mass is 16.5. The monoisotopic (exact) mass is 193 g/mol. The Bertz CT molecular complexity index is 273. The van der Waals surface area contributed by atoms with Crippen LogP contribution in [0.3, 0.4) is 0 Å². The van der Waals surface area contributed by atoms with Gasteiger partial charge in [-0.15, -0.1) is 0 Å². The first-order valence-corrected chi connectivity index (χ1v) is 5.14. The molecular formula is C12H19NO. The van der Waals surface area contributed by atoms with Gasteiger partial charge in [0.25, 0.3) is 0 Å². The zero-order valence-corrected chi connectivity index (χ0v) is 8.99. The molecule has 0 heterocycles. The third-order valence-electron chi connectivity index (χ3n) is 2.29. The largest absolute Gasteiger partial charge is 0.497 e. The second-order valence-electron chi connectivity index (χ2n) is 3.60. The maximum atomic E-state index is 5.97. The van der Waals surface area contributed by atoms with Gasteiger partial charge in [-0.1, -0.05) is 25.5 Å². The molecule has 2 nitrogen and oxygen atoms in total. The van der Waals surface area contributed by atoms with Crippen molar-refractivity contribution in [2.75, 3.05) is 7.11 Å². The van der Waals surface area contributed by atoms with E-state index in [2.05, 4.69) is 19.1 Å². The summed E-state index contributed by atoms with van der Waals surface area (Å²) in [6, 6.07) is 8.38. The first-order chi connectivity index (χ1) is 6.76. The predicted molar refractivity (Wildman–Crippen MR) is 59.6 cm³/mol. The molecule has 1 rings (SSSR count). The lowest BCUT2D eigenvalue weighted by molar-refractivity contribution is 0.414. The first-order valence-electron chi connectivity index (χ1n) is 5.14. The van der Waals surface area contributed by atoms with Crippen LogP contribution in [-0.2, 0) is 6.42 Å². The minimum absolute atomic E-state index is 0.270. The maximum Gasteiger partial charge on any atom is 0.119 e. The van der Waals surface area contributed by atoms with Gasteiger partial charge in [0.15, 0.2) is 0 Å². The van der Waals surface area contributed by atoms with E-state index in [1.165, 1.54) is 5.56 Å². The van der Waals surface area contributed by atoms with Crippen LogP contribution in [0.1, 0.15) is 25.3 Å². The van der Waals surface area contributed by atoms with Gasteiger partial charge in [0.1, 0.15) is 5.75 Å². The third kappa shape index (κ3) is 3.38. The van der Waals surface area contributed by atoms with Crippen molar-refractivity contribution >= 4 is 0 Å². The molecule has 0 amide bonds. The molecule has 0 spiro atoms. The van der Waals surface area contributed by atoms with Crippen LogP contribution in [0.4, 0.5) is 0 Å². The van der Waals surface area contributed by atoms with Crippen LogP contribution in [0, 0.1) is 0 Å². The van der Waals surface area contributed by atoms with Gasteiger partial charge in [0.05, 0.1) is 7.11 Å². The molecule has 0 aromatic heterocycles. The topological polar surface area (TPSA) is 35.2 Å². The first kappa shape index (κ1) is 11.1. The summed E-state index contributed by atoms with van der Waals surface area (Å²) in [5.74, 6) is 0.909. The van der Waals surface area contributed by atoms with Crippen LogP contribution in [0.5, 0.6) is 5.75 Å². The normalized spacial score (nSPS) is 12.5. The number of benzene rings is 1. The van der Waals surface area contributed by atoms with Gasteiger partial charge in [-0.05, 0) is 30.5 Å². The van der Waals surface area contributed by atoms with Crippen molar-refractivity contribution in [3.8, 4) is 5.75 Å². The van der Waals surface area contributed by atoms with E-state index in [0.717, 1.165) is 25.0 Å². The fourth-order valence-corrected chi connectivity index (χ4v) is 1.58. The van der Waals surface area contributed by atoms with Gasteiger partial charge in [0.2, 0.25) is 0 Å². The lowest BCUT2D eigenvalue weighted by Crippen LogP contribution is -2.22. The molecule has 0 radical (unpaired) electrons. The molecule has 0 aliphatic carbocycles. The van der Waals surface area contributed by atoms with Crippen molar-refractivity contribution in [1.82, 2.24) is 0 Å². The Hall–Kier alpha value is -1.02. The summed E-state index contributed by atoms with van der Waals surface area (Å²) in [5, 5.41) is 0. The van der Waals surface area contributed by atoms with Gasteiger partial charge in [-0.25, -0.2) is 0 Å². The Morgan fingerprint density at radius 3 is 2.86 bits per heavy atom. The quantitative estimate of drug-likeness (QED) is 0.779. The summed E-state index contributed by atoms with van der Waals surface area (Å²) in [7, 11) is 1.69. The molecule has 0 aliphatic rings. The van der Waals surface area contributed by atoms with Crippen LogP contribution >= 0.6 is 0 Å². The van der Waals surface area contributed by atoms with E-state index in [-0.39, 0.29) is 6.04 Å². The summed E-state index contributed by atoms with van der Waals surface area (Å²) in [5.41, 5.74) is 7.22. The summed E-state index contributed by atoms with van der Waals surface area (Å²) in [4.78, 5) is 0. The molecule has 1 aromatic rings. The van der Waals surface area contributed by atoms with Crippen molar-refractivity contribution in [3.63, 3.8) is 0 Å². The number of rotatable bonds is 5. The van der Waals surface area contributed by atoms with Gasteiger partial charge in [-0.2, -0.15) is 0 Å². The molecule has 0 saturated heterocycles. The highest BCUT2D eigenvalue weighted by molar-refractivity contribution is 5.28. The molecule has 2 heteroatoms. The van der Waals surface area contributed by atoms with Crippen molar-refractivity contribution in [2.45, 2.75) is 32.2 Å². The Morgan fingerprint density at radius 2 is 2.21 bits per heavy atom. The molecule has 1 atom stereocenters. The summed E-state index contributed by atoms with van der Waals surface area (Å²) >= 11 is 0. The lowest BCUT2D eigenvalue weighted by Gasteiger charge is -2.10. The minimum Gasteiger partial charge on any atom is -0.497 e. The Kier molecular flexibility index (Phi) is 4.47. The van der Waals surface area contributed by atoms with E-state index in [9.17, 15) is 0 Å². The lowest BCUT2D eigenvalue weighted by atomic mass is 10.0. The van der Waals surface area contributed by atoms with Crippen LogP contribution in [0.2, 0.25) is 0 Å². The third-order valence-corrected chi connectivity index (χ3v) is 2.29. The SMILES string of the molecule is CCCC(N)Cc1cccc(OC)c1. The van der Waals surface area contributed by atoms with Crippen LogP contribution < -0.4 is 10.5 Å². The fourth-order valence-electron chi connectivity index (χ4n) is 1.58. The molecule has 0 saturated carbocycles. The second kappa shape index (κ2) is 5.66. The highest BCUT2D eigenvalue weighted by Crippen LogP contribution is 2.14. The van der Waals surface area contributed by atoms with E-state index >= 15 is 0 Å². The summed E-state index contributed by atoms with van der Waals surface area (Å²) in [6.07, 6.45) is 3.16. The molecule has 2 N–H and O–H groups in total. The van der Waals surface area contributed by atoms with E-state index in [1.54, 1.807) is 7.11 Å². The fraction of sp³-hybridized carbons (Fsp3) is 0.500. The predicted octanol–water partition coefficient (Wildman–Crippen LogP) is 2.37. The molecule has 0 fully saturated rings. The van der Waals surface area contributed by atoms with Crippen molar-refractivity contribution in [1.29, 1.82) is 0 Å². The van der Waals surface area contributed by atoms with E-state index in [0.29, 0.717) is 0 Å². The number of hydrogen-bond acceptors (Lipinski definition) is 2. The summed E-state index contributed by atoms with van der Waals surface area (Å²) < 4.78 is 5.16. The van der Waals surface area contributed by atoms with Gasteiger partial charge in [0, 0.05) is 6.04 Å². The second-order valence-corrected chi connectivity index (χ2v) is 3.60. The zero-order chi connectivity index (χ0) is 10.4. The van der Waals surface area contributed by atoms with Gasteiger partial charge in [-0.3, -0.25) is 0 Å². The van der Waals surface area contributed by atoms with Crippen molar-refractivity contribution in [3.05, 3.63) is 29.8 Å². The molecule has 0 bridgehead atoms. The number of methoxy groups -OCH3 is 1. The number of hydrogen-bond donors (Lipinski definition) is 1. The number of nitrogens with two attached hydrogens (primary N) is 1. The Labute approximate surface area is 86.1 Å². The average Bonchev–Trinajstić information content (AvgIpc) is 2.18. The Balaban J connectivity index is 2.57. The van der Waals surface area contributed by atoms with Crippen LogP contribution in [0.15, 0.2) is 24.3 Å². The Morgan fingerprint density at radius 1 is 1.43 bits per heavy atom. The van der Waals surface area contributed by atoms with Crippen molar-refractivity contribution < 1.29 is 4.74 Å². The van der Waals surface area contributed by atoms with E-state index in [1.807, 2.05) is 12.1 Å². The molecule has 1 unspecified atom stereocenters. The molecule has 0 aliphatic heterocycles. The van der Waals surface area contributed by atoms with Crippen molar-refractivity contribution in [2.24, 2.45) is 5.73 Å². The number of ether oxygens (including phenoxy) is 1. The molecule has 14 heavy (non-hydrogen) atoms. The standard InChI is InChI=1S/C12H19NO/c1-3-5-11(13)8-10-6-4-7-12(9-10)14-2/h4,6-7,9,11H,3,5,8,13H2,1-2H3. The minimum atomic E-state index is 0.270. The average molecular weight is 193 g/mol. The van der Waals surface area contributed by atoms with Gasteiger partial charge >= 0.3 is 0 Å². The van der Waals surface area contributed by atoms with Gasteiger partial charge < -0.3 is 10.5 Å². The molecule has 1 aromatic carbocycles.